The molecule has 0 aliphatic carbocycles. The smallest absolute Gasteiger partial charge is 0.245 e. The Morgan fingerprint density at radius 3 is 2.54 bits per heavy atom. The van der Waals surface area contributed by atoms with Crippen molar-refractivity contribution in [2.45, 2.75) is 37.5 Å². The number of amides is 1. The van der Waals surface area contributed by atoms with Gasteiger partial charge in [-0.3, -0.25) is 4.79 Å². The van der Waals surface area contributed by atoms with Crippen LogP contribution in [-0.4, -0.2) is 31.7 Å². The maximum Gasteiger partial charge on any atom is 0.245 e. The molecule has 0 unspecified atom stereocenters. The molecular weight excluding hydrogens is 386 g/mol. The fraction of sp³-hybridized carbons (Fsp3) is 0.350. The van der Waals surface area contributed by atoms with E-state index < -0.39 is 34.0 Å². The van der Waals surface area contributed by atoms with Gasteiger partial charge in [0.1, 0.15) is 4.90 Å². The number of benzene rings is 2. The molecule has 28 heavy (non-hydrogen) atoms. The van der Waals surface area contributed by atoms with Crippen LogP contribution < -0.4 is 5.32 Å². The molecule has 1 aliphatic rings. The van der Waals surface area contributed by atoms with Crippen molar-refractivity contribution < 1.29 is 22.0 Å². The largest absolute Gasteiger partial charge is 0.325 e. The minimum Gasteiger partial charge on any atom is -0.325 e. The summed E-state index contributed by atoms with van der Waals surface area (Å²) in [5.41, 5.74) is 0.785. The van der Waals surface area contributed by atoms with E-state index in [9.17, 15) is 22.0 Å². The topological polar surface area (TPSA) is 66.5 Å². The van der Waals surface area contributed by atoms with E-state index in [0.29, 0.717) is 13.1 Å². The van der Waals surface area contributed by atoms with Gasteiger partial charge in [0.2, 0.25) is 15.9 Å². The molecule has 8 heteroatoms. The summed E-state index contributed by atoms with van der Waals surface area (Å²) in [6.07, 6.45) is 2.18. The highest BCUT2D eigenvalue weighted by molar-refractivity contribution is 7.89. The number of piperidine rings is 1. The van der Waals surface area contributed by atoms with Crippen LogP contribution in [0.25, 0.3) is 0 Å². The monoisotopic (exact) mass is 408 g/mol. The Morgan fingerprint density at radius 1 is 1.11 bits per heavy atom. The minimum atomic E-state index is -3.76. The predicted molar refractivity (Wildman–Crippen MR) is 102 cm³/mol. The fourth-order valence-corrected chi connectivity index (χ4v) is 4.99. The normalized spacial score (nSPS) is 15.4. The molecular formula is C20H22F2N2O3S. The minimum absolute atomic E-state index is 0.0162. The van der Waals surface area contributed by atoms with Gasteiger partial charge in [-0.1, -0.05) is 24.6 Å². The van der Waals surface area contributed by atoms with E-state index in [1.807, 2.05) is 0 Å². The summed E-state index contributed by atoms with van der Waals surface area (Å²) in [6, 6.07) is 8.33. The Morgan fingerprint density at radius 2 is 1.82 bits per heavy atom. The average Bonchev–Trinajstić information content (AvgIpc) is 2.67. The highest BCUT2D eigenvalue weighted by atomic mass is 32.2. The first-order valence-electron chi connectivity index (χ1n) is 9.12. The molecule has 0 saturated carbocycles. The summed E-state index contributed by atoms with van der Waals surface area (Å²) >= 11 is 0. The fourth-order valence-electron chi connectivity index (χ4n) is 3.24. The molecule has 0 bridgehead atoms. The van der Waals surface area contributed by atoms with Crippen molar-refractivity contribution in [2.24, 2.45) is 0 Å². The van der Waals surface area contributed by atoms with Gasteiger partial charge in [-0.05, 0) is 43.5 Å². The Hall–Kier alpha value is -2.32. The van der Waals surface area contributed by atoms with Gasteiger partial charge in [0, 0.05) is 18.7 Å². The molecule has 2 aromatic rings. The number of carbonyl (C=O) groups excluding carboxylic acids is 1. The van der Waals surface area contributed by atoms with E-state index in [4.69, 9.17) is 0 Å². The number of nitrogens with one attached hydrogen (secondary N) is 1. The number of halogens is 2. The van der Waals surface area contributed by atoms with Gasteiger partial charge >= 0.3 is 0 Å². The zero-order valence-corrected chi connectivity index (χ0v) is 16.4. The van der Waals surface area contributed by atoms with Crippen LogP contribution in [0.3, 0.4) is 0 Å². The molecule has 0 spiro atoms. The molecule has 1 heterocycles. The lowest BCUT2D eigenvalue weighted by Crippen LogP contribution is -2.36. The summed E-state index contributed by atoms with van der Waals surface area (Å²) in [4.78, 5) is 12.4. The molecule has 1 fully saturated rings. The molecule has 1 N–H and O–H groups in total. The van der Waals surface area contributed by atoms with Crippen LogP contribution in [0, 0.1) is 18.6 Å². The van der Waals surface area contributed by atoms with Crippen molar-refractivity contribution in [1.82, 2.24) is 4.31 Å². The molecule has 150 valence electrons. The molecule has 2 aromatic carbocycles. The highest BCUT2D eigenvalue weighted by Gasteiger charge is 2.29. The number of hydrogen-bond donors (Lipinski definition) is 1. The average molecular weight is 408 g/mol. The first-order valence-corrected chi connectivity index (χ1v) is 10.6. The lowest BCUT2D eigenvalue weighted by atomic mass is 10.1. The second-order valence-electron chi connectivity index (χ2n) is 6.90. The van der Waals surface area contributed by atoms with Crippen molar-refractivity contribution in [1.29, 1.82) is 0 Å². The molecule has 1 amide bonds. The van der Waals surface area contributed by atoms with Gasteiger partial charge in [-0.15, -0.1) is 0 Å². The van der Waals surface area contributed by atoms with E-state index in [0.717, 1.165) is 30.9 Å². The molecule has 0 atom stereocenters. The maximum atomic E-state index is 13.8. The van der Waals surface area contributed by atoms with Crippen LogP contribution in [0.15, 0.2) is 41.3 Å². The van der Waals surface area contributed by atoms with Crippen molar-refractivity contribution in [2.75, 3.05) is 18.4 Å². The summed E-state index contributed by atoms with van der Waals surface area (Å²) in [5.74, 6) is -2.74. The number of rotatable bonds is 5. The van der Waals surface area contributed by atoms with Gasteiger partial charge in [0.15, 0.2) is 11.6 Å². The van der Waals surface area contributed by atoms with Gasteiger partial charge in [-0.25, -0.2) is 17.2 Å². The third-order valence-electron chi connectivity index (χ3n) is 4.73. The Kier molecular flexibility index (Phi) is 6.10. The number of sulfonamides is 1. The standard InChI is InChI=1S/C20H22F2N2O3S/c1-14-8-9-17(18(12-14)28(26,27)24-10-3-2-4-11-24)23-19(25)13-15-6-5-7-16(21)20(15)22/h5-9,12H,2-4,10-11,13H2,1H3,(H,23,25). The van der Waals surface area contributed by atoms with Crippen molar-refractivity contribution in [3.63, 3.8) is 0 Å². The summed E-state index contributed by atoms with van der Waals surface area (Å²) in [6.45, 7) is 2.65. The van der Waals surface area contributed by atoms with Gasteiger partial charge < -0.3 is 5.32 Å². The highest BCUT2D eigenvalue weighted by Crippen LogP contribution is 2.28. The molecule has 0 radical (unpaired) electrons. The summed E-state index contributed by atoms with van der Waals surface area (Å²) in [7, 11) is -3.76. The number of hydrogen-bond acceptors (Lipinski definition) is 3. The third kappa shape index (κ3) is 4.39. The Bertz CT molecular complexity index is 987. The lowest BCUT2D eigenvalue weighted by Gasteiger charge is -2.27. The number of anilines is 1. The van der Waals surface area contributed by atoms with E-state index in [2.05, 4.69) is 5.32 Å². The molecule has 5 nitrogen and oxygen atoms in total. The second-order valence-corrected chi connectivity index (χ2v) is 8.81. The Balaban J connectivity index is 1.86. The Labute approximate surface area is 163 Å². The molecule has 3 rings (SSSR count). The van der Waals surface area contributed by atoms with Crippen LogP contribution in [0.4, 0.5) is 14.5 Å². The van der Waals surface area contributed by atoms with Crippen molar-refractivity contribution in [3.8, 4) is 0 Å². The summed E-state index contributed by atoms with van der Waals surface area (Å²) < 4.78 is 54.7. The van der Waals surface area contributed by atoms with E-state index in [1.54, 1.807) is 13.0 Å². The molecule has 0 aromatic heterocycles. The van der Waals surface area contributed by atoms with Crippen LogP contribution in [0.5, 0.6) is 0 Å². The SMILES string of the molecule is Cc1ccc(NC(=O)Cc2cccc(F)c2F)c(S(=O)(=O)N2CCCCC2)c1. The van der Waals surface area contributed by atoms with E-state index in [1.165, 1.54) is 28.6 Å². The van der Waals surface area contributed by atoms with Crippen LogP contribution in [0.1, 0.15) is 30.4 Å². The van der Waals surface area contributed by atoms with Gasteiger partial charge in [-0.2, -0.15) is 4.31 Å². The number of carbonyl (C=O) groups is 1. The third-order valence-corrected chi connectivity index (χ3v) is 6.67. The van der Waals surface area contributed by atoms with Crippen molar-refractivity contribution in [3.05, 3.63) is 59.2 Å². The second kappa shape index (κ2) is 8.36. The van der Waals surface area contributed by atoms with Gasteiger partial charge in [0.05, 0.1) is 12.1 Å². The number of aryl methyl sites for hydroxylation is 1. The molecule has 1 aliphatic heterocycles. The zero-order valence-electron chi connectivity index (χ0n) is 15.5. The molecule has 1 saturated heterocycles. The van der Waals surface area contributed by atoms with Crippen LogP contribution >= 0.6 is 0 Å². The quantitative estimate of drug-likeness (QED) is 0.822. The van der Waals surface area contributed by atoms with Crippen LogP contribution in [-0.2, 0) is 21.2 Å². The van der Waals surface area contributed by atoms with E-state index in [-0.39, 0.29) is 16.1 Å². The van der Waals surface area contributed by atoms with E-state index >= 15 is 0 Å². The first-order chi connectivity index (χ1) is 13.3. The van der Waals surface area contributed by atoms with Crippen molar-refractivity contribution >= 4 is 21.6 Å². The maximum absolute atomic E-state index is 13.8. The zero-order chi connectivity index (χ0) is 20.3. The van der Waals surface area contributed by atoms with Gasteiger partial charge in [0.25, 0.3) is 0 Å². The lowest BCUT2D eigenvalue weighted by molar-refractivity contribution is -0.115. The van der Waals surface area contributed by atoms with Crippen LogP contribution in [0.2, 0.25) is 0 Å². The predicted octanol–water partition coefficient (Wildman–Crippen LogP) is 3.63. The summed E-state index contributed by atoms with van der Waals surface area (Å²) in [5, 5.41) is 2.54. The first kappa shape index (κ1) is 20.4. The number of nitrogens with zero attached hydrogens (tertiary/aromatic N) is 1.